The number of nitrogens with one attached hydrogen (secondary N) is 1. The SMILES string of the molecule is CCCC(c1nc2cc(CO)ccc2c(=O)n1C)N1CC(C)NC(C)C1. The summed E-state index contributed by atoms with van der Waals surface area (Å²) in [6.45, 7) is 8.41. The average Bonchev–Trinajstić information content (AvgIpc) is 2.61. The smallest absolute Gasteiger partial charge is 0.261 e. The fourth-order valence-electron chi connectivity index (χ4n) is 4.10. The van der Waals surface area contributed by atoms with Gasteiger partial charge >= 0.3 is 0 Å². The molecule has 3 rings (SSSR count). The summed E-state index contributed by atoms with van der Waals surface area (Å²) in [5, 5.41) is 13.6. The largest absolute Gasteiger partial charge is 0.392 e. The molecule has 2 aromatic rings. The van der Waals surface area contributed by atoms with E-state index in [0.717, 1.165) is 37.3 Å². The van der Waals surface area contributed by atoms with Crippen molar-refractivity contribution in [1.29, 1.82) is 0 Å². The molecule has 2 N–H and O–H groups in total. The van der Waals surface area contributed by atoms with Gasteiger partial charge in [0.25, 0.3) is 5.56 Å². The maximum atomic E-state index is 12.9. The van der Waals surface area contributed by atoms with E-state index in [0.29, 0.717) is 23.0 Å². The topological polar surface area (TPSA) is 70.4 Å². The third-order valence-corrected chi connectivity index (χ3v) is 5.25. The fraction of sp³-hybridized carbons (Fsp3) is 0.600. The van der Waals surface area contributed by atoms with Crippen LogP contribution in [0.25, 0.3) is 10.9 Å². The Balaban J connectivity index is 2.09. The lowest BCUT2D eigenvalue weighted by atomic mass is 10.0. The van der Waals surface area contributed by atoms with Gasteiger partial charge in [-0.2, -0.15) is 0 Å². The first-order valence-corrected chi connectivity index (χ1v) is 9.55. The van der Waals surface area contributed by atoms with Crippen LogP contribution in [0.4, 0.5) is 0 Å². The van der Waals surface area contributed by atoms with Gasteiger partial charge in [0.1, 0.15) is 5.82 Å². The van der Waals surface area contributed by atoms with Gasteiger partial charge in [-0.05, 0) is 38.0 Å². The number of hydrogen-bond donors (Lipinski definition) is 2. The molecule has 0 amide bonds. The summed E-state index contributed by atoms with van der Waals surface area (Å²) >= 11 is 0. The Morgan fingerprint density at radius 2 is 2.00 bits per heavy atom. The van der Waals surface area contributed by atoms with E-state index in [1.54, 1.807) is 16.7 Å². The van der Waals surface area contributed by atoms with Crippen molar-refractivity contribution in [3.8, 4) is 0 Å². The zero-order valence-corrected chi connectivity index (χ0v) is 16.2. The molecule has 0 aliphatic carbocycles. The first-order valence-electron chi connectivity index (χ1n) is 9.55. The van der Waals surface area contributed by atoms with Crippen molar-refractivity contribution in [2.24, 2.45) is 7.05 Å². The minimum atomic E-state index is -0.0482. The Bertz CT molecular complexity index is 822. The molecule has 3 atom stereocenters. The third kappa shape index (κ3) is 3.68. The monoisotopic (exact) mass is 358 g/mol. The van der Waals surface area contributed by atoms with Crippen LogP contribution in [-0.4, -0.2) is 44.7 Å². The summed E-state index contributed by atoms with van der Waals surface area (Å²) < 4.78 is 1.71. The van der Waals surface area contributed by atoms with E-state index >= 15 is 0 Å². The molecule has 1 saturated heterocycles. The zero-order valence-electron chi connectivity index (χ0n) is 16.2. The fourth-order valence-corrected chi connectivity index (χ4v) is 4.10. The number of benzene rings is 1. The highest BCUT2D eigenvalue weighted by molar-refractivity contribution is 5.78. The van der Waals surface area contributed by atoms with Gasteiger partial charge in [-0.3, -0.25) is 14.3 Å². The molecule has 1 aliphatic rings. The predicted octanol–water partition coefficient (Wildman–Crippen LogP) is 1.95. The summed E-state index contributed by atoms with van der Waals surface area (Å²) in [5.41, 5.74) is 1.43. The highest BCUT2D eigenvalue weighted by atomic mass is 16.3. The number of aliphatic hydroxyl groups excluding tert-OH is 1. The number of nitrogens with zero attached hydrogens (tertiary/aromatic N) is 3. The standard InChI is InChI=1S/C20H30N4O2/c1-5-6-18(24-10-13(2)21-14(3)11-24)19-22-17-9-15(12-25)7-8-16(17)20(26)23(19)4/h7-9,13-14,18,21,25H,5-6,10-12H2,1-4H3. The lowest BCUT2D eigenvalue weighted by Gasteiger charge is -2.41. The van der Waals surface area contributed by atoms with Crippen LogP contribution in [0, 0.1) is 0 Å². The maximum absolute atomic E-state index is 12.9. The second-order valence-electron chi connectivity index (χ2n) is 7.57. The van der Waals surface area contributed by atoms with Gasteiger partial charge in [0.2, 0.25) is 0 Å². The van der Waals surface area contributed by atoms with Crippen molar-refractivity contribution in [2.75, 3.05) is 13.1 Å². The number of hydrogen-bond acceptors (Lipinski definition) is 5. The number of fused-ring (bicyclic) bond motifs is 1. The Hall–Kier alpha value is -1.76. The van der Waals surface area contributed by atoms with E-state index in [1.807, 2.05) is 13.1 Å². The zero-order chi connectivity index (χ0) is 18.8. The predicted molar refractivity (Wildman–Crippen MR) is 104 cm³/mol. The number of rotatable bonds is 5. The Labute approximate surface area is 154 Å². The first-order chi connectivity index (χ1) is 12.4. The molecular weight excluding hydrogens is 328 g/mol. The van der Waals surface area contributed by atoms with Gasteiger partial charge in [-0.1, -0.05) is 19.4 Å². The van der Waals surface area contributed by atoms with Gasteiger partial charge < -0.3 is 10.4 Å². The summed E-state index contributed by atoms with van der Waals surface area (Å²) in [7, 11) is 1.82. The van der Waals surface area contributed by atoms with Crippen molar-refractivity contribution in [1.82, 2.24) is 19.8 Å². The Morgan fingerprint density at radius 3 is 2.62 bits per heavy atom. The van der Waals surface area contributed by atoms with Crippen molar-refractivity contribution in [3.05, 3.63) is 39.9 Å². The van der Waals surface area contributed by atoms with Crippen LogP contribution in [0.2, 0.25) is 0 Å². The number of piperazine rings is 1. The quantitative estimate of drug-likeness (QED) is 0.855. The van der Waals surface area contributed by atoms with E-state index in [2.05, 4.69) is 31.0 Å². The normalized spacial score (nSPS) is 22.7. The van der Waals surface area contributed by atoms with Gasteiger partial charge in [0.15, 0.2) is 0 Å². The second kappa shape index (κ2) is 7.86. The molecule has 3 unspecified atom stereocenters. The molecule has 0 radical (unpaired) electrons. The molecule has 0 bridgehead atoms. The molecule has 1 fully saturated rings. The third-order valence-electron chi connectivity index (χ3n) is 5.25. The summed E-state index contributed by atoms with van der Waals surface area (Å²) in [4.78, 5) is 20.2. The van der Waals surface area contributed by atoms with Crippen LogP contribution >= 0.6 is 0 Å². The van der Waals surface area contributed by atoms with Crippen molar-refractivity contribution < 1.29 is 5.11 Å². The minimum Gasteiger partial charge on any atom is -0.392 e. The Morgan fingerprint density at radius 1 is 1.31 bits per heavy atom. The van der Waals surface area contributed by atoms with Crippen LogP contribution in [0.15, 0.2) is 23.0 Å². The van der Waals surface area contributed by atoms with E-state index in [9.17, 15) is 9.90 Å². The molecule has 1 aromatic carbocycles. The van der Waals surface area contributed by atoms with Gasteiger partial charge in [-0.15, -0.1) is 0 Å². The van der Waals surface area contributed by atoms with E-state index in [4.69, 9.17) is 4.98 Å². The molecule has 1 aromatic heterocycles. The molecule has 0 saturated carbocycles. The van der Waals surface area contributed by atoms with Gasteiger partial charge in [0.05, 0.1) is 23.6 Å². The van der Waals surface area contributed by atoms with Gasteiger partial charge in [0, 0.05) is 32.2 Å². The van der Waals surface area contributed by atoms with Crippen LogP contribution in [0.3, 0.4) is 0 Å². The summed E-state index contributed by atoms with van der Waals surface area (Å²) in [5.74, 6) is 0.820. The molecule has 0 spiro atoms. The van der Waals surface area contributed by atoms with E-state index in [1.165, 1.54) is 0 Å². The maximum Gasteiger partial charge on any atom is 0.261 e. The molecule has 142 valence electrons. The number of aromatic nitrogens is 2. The first kappa shape index (κ1) is 19.0. The highest BCUT2D eigenvalue weighted by Gasteiger charge is 2.30. The summed E-state index contributed by atoms with van der Waals surface area (Å²) in [6, 6.07) is 6.32. The van der Waals surface area contributed by atoms with E-state index in [-0.39, 0.29) is 18.2 Å². The molecule has 6 heteroatoms. The molecule has 2 heterocycles. The lowest BCUT2D eigenvalue weighted by molar-refractivity contribution is 0.109. The van der Waals surface area contributed by atoms with Crippen molar-refractivity contribution >= 4 is 10.9 Å². The average molecular weight is 358 g/mol. The molecule has 26 heavy (non-hydrogen) atoms. The second-order valence-corrected chi connectivity index (χ2v) is 7.57. The minimum absolute atomic E-state index is 0.0215. The van der Waals surface area contributed by atoms with Crippen LogP contribution < -0.4 is 10.9 Å². The van der Waals surface area contributed by atoms with Crippen LogP contribution in [-0.2, 0) is 13.7 Å². The highest BCUT2D eigenvalue weighted by Crippen LogP contribution is 2.27. The molecular formula is C20H30N4O2. The van der Waals surface area contributed by atoms with Crippen LogP contribution in [0.1, 0.15) is 51.0 Å². The van der Waals surface area contributed by atoms with Crippen molar-refractivity contribution in [2.45, 2.75) is 58.3 Å². The molecule has 1 aliphatic heterocycles. The lowest BCUT2D eigenvalue weighted by Crippen LogP contribution is -2.55. The van der Waals surface area contributed by atoms with Crippen LogP contribution in [0.5, 0.6) is 0 Å². The van der Waals surface area contributed by atoms with Gasteiger partial charge in [-0.25, -0.2) is 4.98 Å². The molecule has 6 nitrogen and oxygen atoms in total. The Kier molecular flexibility index (Phi) is 5.75. The van der Waals surface area contributed by atoms with Crippen molar-refractivity contribution in [3.63, 3.8) is 0 Å². The van der Waals surface area contributed by atoms with E-state index < -0.39 is 0 Å². The summed E-state index contributed by atoms with van der Waals surface area (Å²) in [6.07, 6.45) is 1.99. The number of aliphatic hydroxyl groups is 1.